The molecule has 0 saturated heterocycles. The molecule has 0 fully saturated rings. The van der Waals surface area contributed by atoms with Gasteiger partial charge in [-0.15, -0.1) is 0 Å². The van der Waals surface area contributed by atoms with Crippen LogP contribution in [0.1, 0.15) is 5.56 Å². The van der Waals surface area contributed by atoms with Gasteiger partial charge in [-0.25, -0.2) is 8.42 Å². The molecule has 112 valence electrons. The summed E-state index contributed by atoms with van der Waals surface area (Å²) in [6.45, 7) is 0. The third kappa shape index (κ3) is 4.70. The Hall–Kier alpha value is -1.09. The van der Waals surface area contributed by atoms with Gasteiger partial charge in [0, 0.05) is 16.1 Å². The Morgan fingerprint density at radius 3 is 2.38 bits per heavy atom. The van der Waals surface area contributed by atoms with E-state index < -0.39 is 15.5 Å². The van der Waals surface area contributed by atoms with Crippen molar-refractivity contribution in [3.63, 3.8) is 0 Å². The zero-order chi connectivity index (χ0) is 15.6. The number of rotatable bonds is 4. The van der Waals surface area contributed by atoms with Crippen molar-refractivity contribution in [1.82, 2.24) is 10.2 Å². The van der Waals surface area contributed by atoms with Crippen LogP contribution >= 0.6 is 39.1 Å². The highest BCUT2D eigenvalue weighted by Crippen LogP contribution is 2.20. The minimum atomic E-state index is -3.82. The Morgan fingerprint density at radius 2 is 1.81 bits per heavy atom. The molecule has 10 heteroatoms. The number of hydrogen-bond donors (Lipinski definition) is 2. The lowest BCUT2D eigenvalue weighted by atomic mass is 10.2. The van der Waals surface area contributed by atoms with Crippen molar-refractivity contribution in [2.24, 2.45) is 0 Å². The third-order valence-corrected chi connectivity index (χ3v) is 4.36. The van der Waals surface area contributed by atoms with E-state index in [2.05, 4.69) is 30.8 Å². The molecule has 1 heterocycles. The van der Waals surface area contributed by atoms with Crippen LogP contribution in [0.5, 0.6) is 0 Å². The predicted molar refractivity (Wildman–Crippen MR) is 85.3 cm³/mol. The van der Waals surface area contributed by atoms with Gasteiger partial charge in [0.15, 0.2) is 0 Å². The fraction of sp³-hybridized carbons (Fsp3) is 0.0909. The molecule has 0 unspecified atom stereocenters. The van der Waals surface area contributed by atoms with E-state index in [0.29, 0.717) is 20.2 Å². The number of H-pyrrole nitrogens is 1. The summed E-state index contributed by atoms with van der Waals surface area (Å²) >= 11 is 14.6. The zero-order valence-electron chi connectivity index (χ0n) is 10.2. The number of sulfonamides is 1. The molecule has 0 atom stereocenters. The van der Waals surface area contributed by atoms with Gasteiger partial charge in [-0.3, -0.25) is 14.6 Å². The van der Waals surface area contributed by atoms with Crippen LogP contribution in [0.4, 0.5) is 5.82 Å². The topological polar surface area (TPSA) is 91.9 Å². The van der Waals surface area contributed by atoms with Crippen LogP contribution in [-0.4, -0.2) is 18.6 Å². The van der Waals surface area contributed by atoms with Crippen molar-refractivity contribution in [1.29, 1.82) is 0 Å². The highest BCUT2D eigenvalue weighted by atomic mass is 79.9. The van der Waals surface area contributed by atoms with Crippen LogP contribution < -0.4 is 10.2 Å². The lowest BCUT2D eigenvalue weighted by Crippen LogP contribution is -2.21. The Kier molecular flexibility index (Phi) is 4.92. The van der Waals surface area contributed by atoms with Crippen LogP contribution in [0, 0.1) is 0 Å². The van der Waals surface area contributed by atoms with Crippen molar-refractivity contribution in [3.8, 4) is 0 Å². The lowest BCUT2D eigenvalue weighted by molar-refractivity contribution is 0.600. The van der Waals surface area contributed by atoms with Crippen molar-refractivity contribution < 1.29 is 8.42 Å². The molecule has 2 N–H and O–H groups in total. The van der Waals surface area contributed by atoms with Gasteiger partial charge in [-0.1, -0.05) is 23.2 Å². The molecule has 0 radical (unpaired) electrons. The number of nitrogens with zero attached hydrogens (tertiary/aromatic N) is 1. The Balaban J connectivity index is 2.24. The van der Waals surface area contributed by atoms with Gasteiger partial charge >= 0.3 is 0 Å². The number of halogens is 3. The Morgan fingerprint density at radius 1 is 1.19 bits per heavy atom. The molecule has 0 aliphatic rings. The van der Waals surface area contributed by atoms with E-state index in [4.69, 9.17) is 23.2 Å². The molecule has 0 spiro atoms. The standard InChI is InChI=1S/C11H8BrCl2N3O3S/c12-10-4-9(18)11(16-15-10)17-21(19,20)5-6-1-7(13)3-8(14)2-6/h1-4H,5H2,(H,15,18)(H,16,17). The third-order valence-electron chi connectivity index (χ3n) is 2.30. The lowest BCUT2D eigenvalue weighted by Gasteiger charge is -2.07. The average Bonchev–Trinajstić information content (AvgIpc) is 2.30. The van der Waals surface area contributed by atoms with Crippen LogP contribution in [0.25, 0.3) is 0 Å². The highest BCUT2D eigenvalue weighted by molar-refractivity contribution is 9.10. The summed E-state index contributed by atoms with van der Waals surface area (Å²) in [6, 6.07) is 5.62. The van der Waals surface area contributed by atoms with E-state index in [0.717, 1.165) is 0 Å². The molecule has 0 saturated carbocycles. The van der Waals surface area contributed by atoms with E-state index >= 15 is 0 Å². The normalized spacial score (nSPS) is 11.4. The molecule has 2 rings (SSSR count). The van der Waals surface area contributed by atoms with Crippen molar-refractivity contribution in [2.45, 2.75) is 5.75 Å². The molecule has 6 nitrogen and oxygen atoms in total. The molecular formula is C11H8BrCl2N3O3S. The number of benzene rings is 1. The first-order chi connectivity index (χ1) is 9.75. The highest BCUT2D eigenvalue weighted by Gasteiger charge is 2.15. The van der Waals surface area contributed by atoms with Gasteiger partial charge in [-0.05, 0) is 39.7 Å². The van der Waals surface area contributed by atoms with Gasteiger partial charge in [0.1, 0.15) is 4.60 Å². The number of nitrogens with one attached hydrogen (secondary N) is 2. The Bertz CT molecular complexity index is 819. The monoisotopic (exact) mass is 411 g/mol. The quantitative estimate of drug-likeness (QED) is 0.807. The van der Waals surface area contributed by atoms with E-state index in [1.807, 2.05) is 0 Å². The van der Waals surface area contributed by atoms with Crippen molar-refractivity contribution in [2.75, 3.05) is 4.72 Å². The molecule has 1 aromatic carbocycles. The summed E-state index contributed by atoms with van der Waals surface area (Å²) in [7, 11) is -3.82. The zero-order valence-corrected chi connectivity index (χ0v) is 14.1. The number of aromatic nitrogens is 2. The minimum absolute atomic E-state index is 0.314. The smallest absolute Gasteiger partial charge is 0.238 e. The van der Waals surface area contributed by atoms with Gasteiger partial charge in [0.05, 0.1) is 5.75 Å². The first-order valence-electron chi connectivity index (χ1n) is 5.46. The van der Waals surface area contributed by atoms with Crippen LogP contribution in [0.15, 0.2) is 33.7 Å². The molecule has 0 aliphatic carbocycles. The minimum Gasteiger partial charge on any atom is -0.286 e. The first-order valence-corrected chi connectivity index (χ1v) is 8.66. The maximum Gasteiger partial charge on any atom is 0.238 e. The van der Waals surface area contributed by atoms with Gasteiger partial charge in [-0.2, -0.15) is 5.10 Å². The molecule has 0 bridgehead atoms. The SMILES string of the molecule is O=c1cc(Br)[nH]nc1NS(=O)(=O)Cc1cc(Cl)cc(Cl)c1. The van der Waals surface area contributed by atoms with Crippen LogP contribution in [0.3, 0.4) is 0 Å². The summed E-state index contributed by atoms with van der Waals surface area (Å²) in [5.41, 5.74) is -0.165. The molecule has 2 aromatic rings. The van der Waals surface area contributed by atoms with Gasteiger partial charge < -0.3 is 0 Å². The van der Waals surface area contributed by atoms with Gasteiger partial charge in [0.2, 0.25) is 21.3 Å². The summed E-state index contributed by atoms with van der Waals surface area (Å²) in [4.78, 5) is 11.6. The number of aromatic amines is 1. The van der Waals surface area contributed by atoms with Crippen molar-refractivity contribution >= 4 is 55.0 Å². The second-order valence-corrected chi connectivity index (χ2v) is 7.52. The second kappa shape index (κ2) is 6.35. The summed E-state index contributed by atoms with van der Waals surface area (Å²) < 4.78 is 26.5. The molecule has 21 heavy (non-hydrogen) atoms. The summed E-state index contributed by atoms with van der Waals surface area (Å²) in [5, 5.41) is 6.71. The fourth-order valence-corrected chi connectivity index (χ4v) is 3.54. The van der Waals surface area contributed by atoms with Crippen molar-refractivity contribution in [3.05, 3.63) is 54.7 Å². The average molecular weight is 413 g/mol. The fourth-order valence-electron chi connectivity index (χ4n) is 1.55. The molecule has 1 aromatic heterocycles. The molecule has 0 aliphatic heterocycles. The molecule has 0 amide bonds. The van der Waals surface area contributed by atoms with E-state index in [1.54, 1.807) is 0 Å². The van der Waals surface area contributed by atoms with E-state index in [1.165, 1.54) is 24.3 Å². The summed E-state index contributed by atoms with van der Waals surface area (Å²) in [6.07, 6.45) is 0. The second-order valence-electron chi connectivity index (χ2n) is 4.07. The summed E-state index contributed by atoms with van der Waals surface area (Å²) in [5.74, 6) is -0.698. The van der Waals surface area contributed by atoms with E-state index in [-0.39, 0.29) is 11.6 Å². The predicted octanol–water partition coefficient (Wildman–Crippen LogP) is 2.78. The van der Waals surface area contributed by atoms with Crippen LogP contribution in [-0.2, 0) is 15.8 Å². The largest absolute Gasteiger partial charge is 0.286 e. The maximum absolute atomic E-state index is 12.0. The van der Waals surface area contributed by atoms with E-state index in [9.17, 15) is 13.2 Å². The Labute approximate surface area is 138 Å². The number of hydrogen-bond acceptors (Lipinski definition) is 4. The van der Waals surface area contributed by atoms with Crippen LogP contribution in [0.2, 0.25) is 10.0 Å². The molecular weight excluding hydrogens is 405 g/mol. The van der Waals surface area contributed by atoms with Gasteiger partial charge in [0.25, 0.3) is 0 Å². The number of anilines is 1. The first kappa shape index (κ1) is 16.3. The maximum atomic E-state index is 12.0.